The Balaban J connectivity index is 1.80. The summed E-state index contributed by atoms with van der Waals surface area (Å²) < 4.78 is 0. The standard InChI is InChI=1S/C17H27N3O/c1-3-19(4-2)14-11-17(21)18-15-7-9-16(10-8-15)20-12-5-6-13-20/h7-10H,3-6,11-14H2,1-2H3,(H,18,21). The van der Waals surface area contributed by atoms with Crippen molar-refractivity contribution >= 4 is 17.3 Å². The molecule has 0 aromatic heterocycles. The summed E-state index contributed by atoms with van der Waals surface area (Å²) in [6.07, 6.45) is 3.11. The lowest BCUT2D eigenvalue weighted by atomic mass is 10.2. The molecule has 1 N–H and O–H groups in total. The molecule has 0 aliphatic carbocycles. The van der Waals surface area contributed by atoms with Gasteiger partial charge in [-0.2, -0.15) is 0 Å². The second-order valence-electron chi connectivity index (χ2n) is 5.57. The Morgan fingerprint density at radius 3 is 2.33 bits per heavy atom. The molecule has 1 aromatic rings. The lowest BCUT2D eigenvalue weighted by molar-refractivity contribution is -0.116. The molecule has 0 saturated carbocycles. The molecule has 1 heterocycles. The average molecular weight is 289 g/mol. The van der Waals surface area contributed by atoms with Crippen molar-refractivity contribution in [3.05, 3.63) is 24.3 Å². The van der Waals surface area contributed by atoms with Crippen molar-refractivity contribution in [2.45, 2.75) is 33.1 Å². The Hall–Kier alpha value is -1.55. The number of carbonyl (C=O) groups excluding carboxylic acids is 1. The van der Waals surface area contributed by atoms with Crippen molar-refractivity contribution < 1.29 is 4.79 Å². The quantitative estimate of drug-likeness (QED) is 0.838. The summed E-state index contributed by atoms with van der Waals surface area (Å²) in [5, 5.41) is 2.98. The van der Waals surface area contributed by atoms with E-state index in [-0.39, 0.29) is 5.91 Å². The van der Waals surface area contributed by atoms with E-state index in [4.69, 9.17) is 0 Å². The molecule has 1 fully saturated rings. The summed E-state index contributed by atoms with van der Waals surface area (Å²) in [5.74, 6) is 0.0934. The number of nitrogens with one attached hydrogen (secondary N) is 1. The molecule has 0 atom stereocenters. The van der Waals surface area contributed by atoms with Crippen LogP contribution in [0, 0.1) is 0 Å². The molecule has 0 radical (unpaired) electrons. The van der Waals surface area contributed by atoms with E-state index in [1.807, 2.05) is 12.1 Å². The van der Waals surface area contributed by atoms with Crippen molar-refractivity contribution in [3.63, 3.8) is 0 Å². The van der Waals surface area contributed by atoms with Gasteiger partial charge in [-0.05, 0) is 50.2 Å². The lowest BCUT2D eigenvalue weighted by Gasteiger charge is -2.18. The molecule has 2 rings (SSSR count). The summed E-state index contributed by atoms with van der Waals surface area (Å²) in [6, 6.07) is 8.21. The minimum atomic E-state index is 0.0934. The monoisotopic (exact) mass is 289 g/mol. The van der Waals surface area contributed by atoms with Gasteiger partial charge in [0.05, 0.1) is 0 Å². The number of benzene rings is 1. The molecular formula is C17H27N3O. The van der Waals surface area contributed by atoms with Crippen molar-refractivity contribution in [3.8, 4) is 0 Å². The molecule has 1 amide bonds. The van der Waals surface area contributed by atoms with Gasteiger partial charge in [0.25, 0.3) is 0 Å². The van der Waals surface area contributed by atoms with Crippen LogP contribution in [0.2, 0.25) is 0 Å². The van der Waals surface area contributed by atoms with Gasteiger partial charge in [0, 0.05) is 37.4 Å². The number of hydrogen-bond acceptors (Lipinski definition) is 3. The molecule has 1 saturated heterocycles. The fraction of sp³-hybridized carbons (Fsp3) is 0.588. The number of rotatable bonds is 7. The topological polar surface area (TPSA) is 35.6 Å². The van der Waals surface area contributed by atoms with Gasteiger partial charge in [-0.25, -0.2) is 0 Å². The average Bonchev–Trinajstić information content (AvgIpc) is 3.03. The molecule has 116 valence electrons. The van der Waals surface area contributed by atoms with Crippen molar-refractivity contribution in [1.82, 2.24) is 4.90 Å². The highest BCUT2D eigenvalue weighted by Crippen LogP contribution is 2.22. The highest BCUT2D eigenvalue weighted by Gasteiger charge is 2.12. The smallest absolute Gasteiger partial charge is 0.225 e. The molecule has 1 aliphatic heterocycles. The van der Waals surface area contributed by atoms with E-state index in [1.165, 1.54) is 18.5 Å². The third-order valence-corrected chi connectivity index (χ3v) is 4.17. The first-order chi connectivity index (χ1) is 10.2. The van der Waals surface area contributed by atoms with Gasteiger partial charge in [-0.1, -0.05) is 13.8 Å². The minimum absolute atomic E-state index is 0.0934. The number of hydrogen-bond donors (Lipinski definition) is 1. The van der Waals surface area contributed by atoms with Gasteiger partial charge >= 0.3 is 0 Å². The minimum Gasteiger partial charge on any atom is -0.372 e. The van der Waals surface area contributed by atoms with Gasteiger partial charge in [-0.15, -0.1) is 0 Å². The van der Waals surface area contributed by atoms with Crippen LogP contribution in [0.15, 0.2) is 24.3 Å². The van der Waals surface area contributed by atoms with Crippen molar-refractivity contribution in [2.24, 2.45) is 0 Å². The first-order valence-electron chi connectivity index (χ1n) is 8.10. The van der Waals surface area contributed by atoms with Crippen LogP contribution >= 0.6 is 0 Å². The van der Waals surface area contributed by atoms with E-state index in [9.17, 15) is 4.79 Å². The Morgan fingerprint density at radius 1 is 1.14 bits per heavy atom. The molecule has 1 aromatic carbocycles. The van der Waals surface area contributed by atoms with Gasteiger partial charge < -0.3 is 15.1 Å². The van der Waals surface area contributed by atoms with Gasteiger partial charge in [0.1, 0.15) is 0 Å². The molecule has 0 spiro atoms. The van der Waals surface area contributed by atoms with Crippen LogP contribution in [0.4, 0.5) is 11.4 Å². The number of carbonyl (C=O) groups is 1. The van der Waals surface area contributed by atoms with E-state index >= 15 is 0 Å². The number of amides is 1. The Kier molecular flexibility index (Phi) is 6.05. The number of nitrogens with zero attached hydrogens (tertiary/aromatic N) is 2. The third kappa shape index (κ3) is 4.74. The Bertz CT molecular complexity index is 434. The van der Waals surface area contributed by atoms with Crippen LogP contribution in [-0.4, -0.2) is 43.5 Å². The number of anilines is 2. The first kappa shape index (κ1) is 15.8. The van der Waals surface area contributed by atoms with Gasteiger partial charge in [0.15, 0.2) is 0 Å². The van der Waals surface area contributed by atoms with Crippen LogP contribution in [0.3, 0.4) is 0 Å². The third-order valence-electron chi connectivity index (χ3n) is 4.17. The van der Waals surface area contributed by atoms with E-state index < -0.39 is 0 Å². The molecule has 21 heavy (non-hydrogen) atoms. The largest absolute Gasteiger partial charge is 0.372 e. The molecule has 4 nitrogen and oxygen atoms in total. The van der Waals surface area contributed by atoms with Gasteiger partial charge in [-0.3, -0.25) is 4.79 Å². The predicted molar refractivity (Wildman–Crippen MR) is 88.9 cm³/mol. The summed E-state index contributed by atoms with van der Waals surface area (Å²) >= 11 is 0. The lowest BCUT2D eigenvalue weighted by Crippen LogP contribution is -2.27. The molecule has 1 aliphatic rings. The second-order valence-corrected chi connectivity index (χ2v) is 5.57. The zero-order valence-electron chi connectivity index (χ0n) is 13.3. The maximum Gasteiger partial charge on any atom is 0.225 e. The fourth-order valence-corrected chi connectivity index (χ4v) is 2.75. The zero-order chi connectivity index (χ0) is 15.1. The SMILES string of the molecule is CCN(CC)CCC(=O)Nc1ccc(N2CCCC2)cc1. The van der Waals surface area contributed by atoms with Crippen LogP contribution in [-0.2, 0) is 4.79 Å². The second kappa shape index (κ2) is 8.03. The Labute approximate surface area is 128 Å². The maximum absolute atomic E-state index is 11.9. The summed E-state index contributed by atoms with van der Waals surface area (Å²) in [7, 11) is 0. The first-order valence-corrected chi connectivity index (χ1v) is 8.10. The predicted octanol–water partition coefficient (Wildman–Crippen LogP) is 2.96. The highest BCUT2D eigenvalue weighted by molar-refractivity contribution is 5.91. The summed E-state index contributed by atoms with van der Waals surface area (Å²) in [4.78, 5) is 16.6. The van der Waals surface area contributed by atoms with Crippen molar-refractivity contribution in [1.29, 1.82) is 0 Å². The highest BCUT2D eigenvalue weighted by atomic mass is 16.1. The van der Waals surface area contributed by atoms with Crippen LogP contribution in [0.1, 0.15) is 33.1 Å². The normalized spacial score (nSPS) is 14.7. The summed E-state index contributed by atoms with van der Waals surface area (Å²) in [6.45, 7) is 9.36. The van der Waals surface area contributed by atoms with Gasteiger partial charge in [0.2, 0.25) is 5.91 Å². The van der Waals surface area contributed by atoms with Crippen molar-refractivity contribution in [2.75, 3.05) is 42.9 Å². The van der Waals surface area contributed by atoms with Crippen LogP contribution in [0.25, 0.3) is 0 Å². The van der Waals surface area contributed by atoms with Crippen LogP contribution in [0.5, 0.6) is 0 Å². The molecule has 0 unspecified atom stereocenters. The maximum atomic E-state index is 11.9. The molecular weight excluding hydrogens is 262 g/mol. The van der Waals surface area contributed by atoms with E-state index in [2.05, 4.69) is 41.1 Å². The molecule has 4 heteroatoms. The van der Waals surface area contributed by atoms with E-state index in [0.29, 0.717) is 6.42 Å². The van der Waals surface area contributed by atoms with Crippen LogP contribution < -0.4 is 10.2 Å². The van der Waals surface area contributed by atoms with E-state index in [0.717, 1.165) is 38.4 Å². The zero-order valence-corrected chi connectivity index (χ0v) is 13.3. The fourth-order valence-electron chi connectivity index (χ4n) is 2.75. The Morgan fingerprint density at radius 2 is 1.76 bits per heavy atom. The molecule has 0 bridgehead atoms. The van der Waals surface area contributed by atoms with E-state index in [1.54, 1.807) is 0 Å². The summed E-state index contributed by atoms with van der Waals surface area (Å²) in [5.41, 5.74) is 2.15.